The summed E-state index contributed by atoms with van der Waals surface area (Å²) in [4.78, 5) is 71.7. The van der Waals surface area contributed by atoms with Crippen LogP contribution in [0.2, 0.25) is 0 Å². The molecule has 0 aliphatic carbocycles. The number of carbonyl (C=O) groups excluding carboxylic acids is 4. The van der Waals surface area contributed by atoms with E-state index in [-0.39, 0.29) is 25.7 Å². The Kier molecular flexibility index (Phi) is 56.7. The molecule has 0 aromatic rings. The number of unbranched alkanes of at least 4 members (excludes halogenated alkanes) is 38. The van der Waals surface area contributed by atoms with Crippen molar-refractivity contribution in [1.29, 1.82) is 0 Å². The Balaban J connectivity index is 5.05. The van der Waals surface area contributed by atoms with Crippen LogP contribution in [0.1, 0.15) is 323 Å². The van der Waals surface area contributed by atoms with Gasteiger partial charge in [-0.05, 0) is 25.7 Å². The van der Waals surface area contributed by atoms with Crippen LogP contribution in [0.3, 0.4) is 0 Å². The number of aliphatic hydroxyl groups excluding tert-OH is 1. The van der Waals surface area contributed by atoms with Crippen LogP contribution in [0.15, 0.2) is 0 Å². The summed E-state index contributed by atoms with van der Waals surface area (Å²) in [6.07, 6.45) is 43.7. The van der Waals surface area contributed by atoms with Crippen LogP contribution >= 0.6 is 15.6 Å². The fourth-order valence-electron chi connectivity index (χ4n) is 9.46. The second-order valence-corrected chi connectivity index (χ2v) is 25.7. The number of phosphoric acid groups is 2. The topological polar surface area (TPSA) is 237 Å². The molecule has 0 fully saturated rings. The van der Waals surface area contributed by atoms with E-state index < -0.39 is 97.5 Å². The molecule has 486 valence electrons. The number of esters is 4. The lowest BCUT2D eigenvalue weighted by Crippen LogP contribution is -2.30. The SMILES string of the molecule is CCCCCCCCCCCCCCCCCCCCCCC(=O)O[C@H](COC(=O)CCCCCCCCCCC)COP(=O)(O)OC[C@@H](O)COP(=O)(O)OC[C@@H](COC(=O)CCCCCCC)OC(=O)CCCCCCCCCC. The van der Waals surface area contributed by atoms with E-state index in [0.29, 0.717) is 25.7 Å². The fraction of sp³-hybridized carbons (Fsp3) is 0.937. The van der Waals surface area contributed by atoms with E-state index in [4.69, 9.17) is 37.0 Å². The molecule has 0 aromatic carbocycles. The first-order chi connectivity index (χ1) is 39.7. The summed E-state index contributed by atoms with van der Waals surface area (Å²) in [6.45, 7) is 4.75. The molecule has 2 unspecified atom stereocenters. The smallest absolute Gasteiger partial charge is 0.462 e. The van der Waals surface area contributed by atoms with Crippen molar-refractivity contribution in [3.63, 3.8) is 0 Å². The minimum atomic E-state index is -4.94. The molecule has 0 spiro atoms. The molecular weight excluding hydrogens is 1090 g/mol. The number of hydrogen-bond acceptors (Lipinski definition) is 15. The highest BCUT2D eigenvalue weighted by atomic mass is 31.2. The van der Waals surface area contributed by atoms with Crippen molar-refractivity contribution in [2.24, 2.45) is 0 Å². The van der Waals surface area contributed by atoms with E-state index >= 15 is 0 Å². The molecule has 82 heavy (non-hydrogen) atoms. The second kappa shape index (κ2) is 58.1. The van der Waals surface area contributed by atoms with Crippen molar-refractivity contribution >= 4 is 39.5 Å². The first-order valence-electron chi connectivity index (χ1n) is 33.3. The summed E-state index contributed by atoms with van der Waals surface area (Å²) < 4.78 is 67.6. The highest BCUT2D eigenvalue weighted by Crippen LogP contribution is 2.45. The van der Waals surface area contributed by atoms with E-state index in [0.717, 1.165) is 103 Å². The summed E-state index contributed by atoms with van der Waals surface area (Å²) >= 11 is 0. The van der Waals surface area contributed by atoms with Crippen molar-refractivity contribution in [3.8, 4) is 0 Å². The molecule has 17 nitrogen and oxygen atoms in total. The highest BCUT2D eigenvalue weighted by Gasteiger charge is 2.30. The van der Waals surface area contributed by atoms with Crippen LogP contribution in [-0.2, 0) is 65.4 Å². The summed E-state index contributed by atoms with van der Waals surface area (Å²) in [5.41, 5.74) is 0. The van der Waals surface area contributed by atoms with Crippen LogP contribution in [0, 0.1) is 0 Å². The number of carbonyl (C=O) groups is 4. The van der Waals surface area contributed by atoms with E-state index in [2.05, 4.69) is 27.7 Å². The number of ether oxygens (including phenoxy) is 4. The maximum absolute atomic E-state index is 13.0. The Bertz CT molecular complexity index is 1590. The van der Waals surface area contributed by atoms with Gasteiger partial charge in [0.2, 0.25) is 0 Å². The molecule has 0 amide bonds. The molecular formula is C63H122O17P2. The Labute approximate surface area is 498 Å². The molecule has 0 aliphatic heterocycles. The predicted octanol–water partition coefficient (Wildman–Crippen LogP) is 17.5. The summed E-state index contributed by atoms with van der Waals surface area (Å²) in [5, 5.41) is 10.5. The zero-order valence-electron chi connectivity index (χ0n) is 52.5. The van der Waals surface area contributed by atoms with E-state index in [1.165, 1.54) is 141 Å². The van der Waals surface area contributed by atoms with Crippen LogP contribution < -0.4 is 0 Å². The van der Waals surface area contributed by atoms with Gasteiger partial charge in [0, 0.05) is 25.7 Å². The van der Waals surface area contributed by atoms with Gasteiger partial charge in [0.1, 0.15) is 19.3 Å². The minimum Gasteiger partial charge on any atom is -0.462 e. The third-order valence-corrected chi connectivity index (χ3v) is 16.5. The Morgan fingerprint density at radius 3 is 0.720 bits per heavy atom. The number of phosphoric ester groups is 2. The molecule has 5 atom stereocenters. The van der Waals surface area contributed by atoms with Gasteiger partial charge >= 0.3 is 39.5 Å². The molecule has 3 N–H and O–H groups in total. The fourth-order valence-corrected chi connectivity index (χ4v) is 11.0. The van der Waals surface area contributed by atoms with Crippen molar-refractivity contribution in [2.75, 3.05) is 39.6 Å². The number of aliphatic hydroxyl groups is 1. The lowest BCUT2D eigenvalue weighted by Gasteiger charge is -2.21. The quantitative estimate of drug-likeness (QED) is 0.0222. The largest absolute Gasteiger partial charge is 0.472 e. The summed E-state index contributed by atoms with van der Waals surface area (Å²) in [7, 11) is -9.87. The predicted molar refractivity (Wildman–Crippen MR) is 326 cm³/mol. The van der Waals surface area contributed by atoms with E-state index in [9.17, 15) is 43.2 Å². The molecule has 0 bridgehead atoms. The van der Waals surface area contributed by atoms with Gasteiger partial charge in [0.15, 0.2) is 12.2 Å². The van der Waals surface area contributed by atoms with Gasteiger partial charge in [-0.2, -0.15) is 0 Å². The summed E-state index contributed by atoms with van der Waals surface area (Å²) in [6, 6.07) is 0. The normalized spacial score (nSPS) is 14.2. The highest BCUT2D eigenvalue weighted by molar-refractivity contribution is 7.47. The molecule has 0 aromatic heterocycles. The molecule has 19 heteroatoms. The van der Waals surface area contributed by atoms with Gasteiger partial charge in [-0.15, -0.1) is 0 Å². The van der Waals surface area contributed by atoms with Gasteiger partial charge in [-0.25, -0.2) is 9.13 Å². The zero-order valence-corrected chi connectivity index (χ0v) is 54.2. The van der Waals surface area contributed by atoms with Crippen LogP contribution in [0.4, 0.5) is 0 Å². The molecule has 0 saturated heterocycles. The molecule has 0 radical (unpaired) electrons. The average Bonchev–Trinajstić information content (AvgIpc) is 3.47. The second-order valence-electron chi connectivity index (χ2n) is 22.8. The number of rotatable bonds is 64. The Morgan fingerprint density at radius 2 is 0.488 bits per heavy atom. The molecule has 0 aliphatic rings. The Morgan fingerprint density at radius 1 is 0.293 bits per heavy atom. The Hall–Kier alpha value is -1.94. The summed E-state index contributed by atoms with van der Waals surface area (Å²) in [5.74, 6) is -2.15. The van der Waals surface area contributed by atoms with Crippen molar-refractivity contribution in [3.05, 3.63) is 0 Å². The van der Waals surface area contributed by atoms with Gasteiger partial charge in [-0.3, -0.25) is 37.3 Å². The maximum Gasteiger partial charge on any atom is 0.472 e. The lowest BCUT2D eigenvalue weighted by molar-refractivity contribution is -0.161. The third-order valence-electron chi connectivity index (χ3n) is 14.6. The lowest BCUT2D eigenvalue weighted by atomic mass is 10.0. The van der Waals surface area contributed by atoms with Crippen LogP contribution in [0.5, 0.6) is 0 Å². The van der Waals surface area contributed by atoms with E-state index in [1.54, 1.807) is 0 Å². The van der Waals surface area contributed by atoms with Gasteiger partial charge in [-0.1, -0.05) is 272 Å². The van der Waals surface area contributed by atoms with Gasteiger partial charge in [0.05, 0.1) is 26.4 Å². The van der Waals surface area contributed by atoms with Crippen molar-refractivity contribution in [1.82, 2.24) is 0 Å². The first kappa shape index (κ1) is 80.1. The molecule has 0 rings (SSSR count). The monoisotopic (exact) mass is 1210 g/mol. The zero-order chi connectivity index (χ0) is 60.5. The van der Waals surface area contributed by atoms with Crippen LogP contribution in [0.25, 0.3) is 0 Å². The van der Waals surface area contributed by atoms with Crippen LogP contribution in [-0.4, -0.2) is 96.7 Å². The minimum absolute atomic E-state index is 0.104. The third kappa shape index (κ3) is 57.2. The van der Waals surface area contributed by atoms with Gasteiger partial charge < -0.3 is 33.8 Å². The van der Waals surface area contributed by atoms with Crippen molar-refractivity contribution < 1.29 is 80.2 Å². The average molecular weight is 1210 g/mol. The molecule has 0 saturated carbocycles. The first-order valence-corrected chi connectivity index (χ1v) is 36.3. The standard InChI is InChI=1S/C63H122O17P2/c1-5-9-13-17-20-23-24-25-26-27-28-29-30-31-32-33-35-38-42-46-50-63(68)80-59(54-74-61(66)48-44-40-37-34-21-18-14-10-6-2)56-78-82(71,72)76-52-57(64)51-75-81(69,70)77-55-58(53-73-60(65)47-43-39-16-12-8-4)79-62(67)49-45-41-36-22-19-15-11-7-3/h57-59,64H,5-56H2,1-4H3,(H,69,70)(H,71,72)/t57-,58+,59+/m0/s1. The van der Waals surface area contributed by atoms with Gasteiger partial charge in [0.25, 0.3) is 0 Å². The van der Waals surface area contributed by atoms with E-state index in [1.807, 2.05) is 0 Å². The molecule has 0 heterocycles. The van der Waals surface area contributed by atoms with Crippen molar-refractivity contribution in [2.45, 2.75) is 341 Å². The maximum atomic E-state index is 13.0. The number of hydrogen-bond donors (Lipinski definition) is 3.